The minimum Gasteiger partial charge on any atom is -0.337 e. The van der Waals surface area contributed by atoms with Gasteiger partial charge in [-0.25, -0.2) is 4.98 Å². The van der Waals surface area contributed by atoms with E-state index in [1.165, 1.54) is 6.42 Å². The fraction of sp³-hybridized carbons (Fsp3) is 0.444. The second kappa shape index (κ2) is 7.42. The lowest BCUT2D eigenvalue weighted by atomic mass is 9.93. The average Bonchev–Trinajstić information content (AvgIpc) is 3.10. The molecule has 0 radical (unpaired) electrons. The quantitative estimate of drug-likeness (QED) is 0.922. The second-order valence-corrected chi connectivity index (χ2v) is 6.11. The van der Waals surface area contributed by atoms with Gasteiger partial charge in [-0.3, -0.25) is 9.36 Å². The summed E-state index contributed by atoms with van der Waals surface area (Å²) < 4.78 is 1.87. The van der Waals surface area contributed by atoms with Gasteiger partial charge in [-0.15, -0.1) is 0 Å². The van der Waals surface area contributed by atoms with Gasteiger partial charge >= 0.3 is 0 Å². The Hall–Kier alpha value is -2.14. The number of likely N-dealkylation sites (tertiary alicyclic amines) is 1. The predicted octanol–water partition coefficient (Wildman–Crippen LogP) is 2.33. The van der Waals surface area contributed by atoms with Gasteiger partial charge in [0.1, 0.15) is 5.69 Å². The van der Waals surface area contributed by atoms with Crippen LogP contribution in [0.5, 0.6) is 0 Å². The number of nitrogens with one attached hydrogen (secondary N) is 1. The van der Waals surface area contributed by atoms with Crippen LogP contribution in [0.25, 0.3) is 5.69 Å². The molecule has 2 heterocycles. The van der Waals surface area contributed by atoms with E-state index >= 15 is 0 Å². The lowest BCUT2D eigenvalue weighted by Crippen LogP contribution is -2.39. The highest BCUT2D eigenvalue weighted by Crippen LogP contribution is 2.22. The van der Waals surface area contributed by atoms with Crippen LogP contribution in [0.1, 0.15) is 29.8 Å². The summed E-state index contributed by atoms with van der Waals surface area (Å²) in [5, 5.41) is 3.20. The number of para-hydroxylation sites is 1. The lowest BCUT2D eigenvalue weighted by Gasteiger charge is -2.32. The Morgan fingerprint density at radius 1 is 1.26 bits per heavy atom. The number of rotatable bonds is 5. The van der Waals surface area contributed by atoms with Gasteiger partial charge in [0.2, 0.25) is 0 Å². The Bertz CT molecular complexity index is 629. The summed E-state index contributed by atoms with van der Waals surface area (Å²) >= 11 is 0. The molecule has 0 spiro atoms. The molecule has 0 saturated carbocycles. The van der Waals surface area contributed by atoms with E-state index in [9.17, 15) is 4.79 Å². The number of amides is 1. The molecule has 0 atom stereocenters. The third-order valence-electron chi connectivity index (χ3n) is 4.60. The Kier molecular flexibility index (Phi) is 5.08. The molecule has 0 bridgehead atoms. The van der Waals surface area contributed by atoms with E-state index in [4.69, 9.17) is 0 Å². The Morgan fingerprint density at radius 2 is 2.00 bits per heavy atom. The fourth-order valence-corrected chi connectivity index (χ4v) is 3.18. The molecule has 1 aromatic carbocycles. The van der Waals surface area contributed by atoms with E-state index in [0.29, 0.717) is 5.69 Å². The Labute approximate surface area is 137 Å². The molecule has 1 fully saturated rings. The predicted molar refractivity (Wildman–Crippen MR) is 90.7 cm³/mol. The van der Waals surface area contributed by atoms with Gasteiger partial charge in [-0.2, -0.15) is 0 Å². The summed E-state index contributed by atoms with van der Waals surface area (Å²) in [5.74, 6) is 0.809. The van der Waals surface area contributed by atoms with Crippen LogP contribution >= 0.6 is 0 Å². The van der Waals surface area contributed by atoms with Gasteiger partial charge < -0.3 is 10.2 Å². The third-order valence-corrected chi connectivity index (χ3v) is 4.60. The first-order valence-corrected chi connectivity index (χ1v) is 8.31. The van der Waals surface area contributed by atoms with Crippen molar-refractivity contribution in [3.8, 4) is 5.69 Å². The lowest BCUT2D eigenvalue weighted by molar-refractivity contribution is 0.0679. The molecular formula is C18H24N4O. The van der Waals surface area contributed by atoms with Crippen molar-refractivity contribution in [3.05, 3.63) is 48.5 Å². The minimum absolute atomic E-state index is 0.0819. The van der Waals surface area contributed by atoms with Gasteiger partial charge in [0.25, 0.3) is 5.91 Å². The maximum Gasteiger partial charge on any atom is 0.272 e. The zero-order valence-electron chi connectivity index (χ0n) is 13.6. The van der Waals surface area contributed by atoms with Crippen molar-refractivity contribution >= 4 is 5.91 Å². The normalized spacial score (nSPS) is 15.8. The summed E-state index contributed by atoms with van der Waals surface area (Å²) in [7, 11) is 1.99. The van der Waals surface area contributed by atoms with E-state index in [-0.39, 0.29) is 5.91 Å². The SMILES string of the molecule is CNCCC1CCN(C(=O)c2cncn2-c2ccccc2)CC1. The molecule has 3 rings (SSSR count). The molecule has 23 heavy (non-hydrogen) atoms. The monoisotopic (exact) mass is 312 g/mol. The number of piperidine rings is 1. The maximum absolute atomic E-state index is 12.8. The fourth-order valence-electron chi connectivity index (χ4n) is 3.18. The molecule has 0 unspecified atom stereocenters. The molecule has 1 aliphatic rings. The first-order chi connectivity index (χ1) is 11.3. The van der Waals surface area contributed by atoms with Crippen molar-refractivity contribution in [1.29, 1.82) is 0 Å². The number of hydrogen-bond acceptors (Lipinski definition) is 3. The van der Waals surface area contributed by atoms with E-state index in [1.807, 2.05) is 46.8 Å². The largest absolute Gasteiger partial charge is 0.337 e. The number of carbonyl (C=O) groups excluding carboxylic acids is 1. The van der Waals surface area contributed by atoms with E-state index in [2.05, 4.69) is 10.3 Å². The van der Waals surface area contributed by atoms with Crippen molar-refractivity contribution in [1.82, 2.24) is 19.8 Å². The van der Waals surface area contributed by atoms with Gasteiger partial charge in [0.15, 0.2) is 0 Å². The summed E-state index contributed by atoms with van der Waals surface area (Å²) in [6, 6.07) is 9.89. The van der Waals surface area contributed by atoms with Crippen LogP contribution in [0.4, 0.5) is 0 Å². The van der Waals surface area contributed by atoms with Crippen molar-refractivity contribution in [2.45, 2.75) is 19.3 Å². The molecule has 5 nitrogen and oxygen atoms in total. The van der Waals surface area contributed by atoms with Crippen LogP contribution in [-0.4, -0.2) is 47.0 Å². The Morgan fingerprint density at radius 3 is 2.70 bits per heavy atom. The molecule has 2 aromatic rings. The van der Waals surface area contributed by atoms with Crippen molar-refractivity contribution < 1.29 is 4.79 Å². The highest BCUT2D eigenvalue weighted by Gasteiger charge is 2.25. The van der Waals surface area contributed by atoms with Crippen molar-refractivity contribution in [2.24, 2.45) is 5.92 Å². The summed E-state index contributed by atoms with van der Waals surface area (Å²) in [5.41, 5.74) is 1.61. The molecule has 1 amide bonds. The standard InChI is InChI=1S/C18H24N4O/c1-19-10-7-15-8-11-21(12-9-15)18(23)17-13-20-14-22(17)16-5-3-2-4-6-16/h2-6,13-15,19H,7-12H2,1H3. The number of nitrogens with zero attached hydrogens (tertiary/aromatic N) is 3. The van der Waals surface area contributed by atoms with Crippen LogP contribution < -0.4 is 5.32 Å². The molecule has 1 N–H and O–H groups in total. The van der Waals surface area contributed by atoms with E-state index < -0.39 is 0 Å². The zero-order valence-corrected chi connectivity index (χ0v) is 13.6. The van der Waals surface area contributed by atoms with Crippen LogP contribution in [-0.2, 0) is 0 Å². The molecule has 0 aliphatic carbocycles. The van der Waals surface area contributed by atoms with Crippen LogP contribution in [0.2, 0.25) is 0 Å². The van der Waals surface area contributed by atoms with Crippen LogP contribution in [0, 0.1) is 5.92 Å². The molecule has 5 heteroatoms. The summed E-state index contributed by atoms with van der Waals surface area (Å²) in [6.07, 6.45) is 6.75. The van der Waals surface area contributed by atoms with Gasteiger partial charge in [-0.1, -0.05) is 18.2 Å². The van der Waals surface area contributed by atoms with E-state index in [1.54, 1.807) is 12.5 Å². The molecule has 1 saturated heterocycles. The first kappa shape index (κ1) is 15.7. The Balaban J connectivity index is 1.67. The number of imidazole rings is 1. The average molecular weight is 312 g/mol. The summed E-state index contributed by atoms with van der Waals surface area (Å²) in [6.45, 7) is 2.74. The minimum atomic E-state index is 0.0819. The van der Waals surface area contributed by atoms with Crippen LogP contribution in [0.15, 0.2) is 42.9 Å². The molecule has 1 aliphatic heterocycles. The molecular weight excluding hydrogens is 288 g/mol. The first-order valence-electron chi connectivity index (χ1n) is 8.31. The smallest absolute Gasteiger partial charge is 0.272 e. The highest BCUT2D eigenvalue weighted by atomic mass is 16.2. The maximum atomic E-state index is 12.8. The molecule has 122 valence electrons. The number of aromatic nitrogens is 2. The zero-order chi connectivity index (χ0) is 16.1. The van der Waals surface area contributed by atoms with Gasteiger partial charge in [0.05, 0.1) is 12.5 Å². The van der Waals surface area contributed by atoms with Gasteiger partial charge in [-0.05, 0) is 50.9 Å². The van der Waals surface area contributed by atoms with Gasteiger partial charge in [0, 0.05) is 18.8 Å². The van der Waals surface area contributed by atoms with E-state index in [0.717, 1.165) is 44.1 Å². The highest BCUT2D eigenvalue weighted by molar-refractivity contribution is 5.93. The number of hydrogen-bond donors (Lipinski definition) is 1. The van der Waals surface area contributed by atoms with Crippen molar-refractivity contribution in [3.63, 3.8) is 0 Å². The van der Waals surface area contributed by atoms with Crippen molar-refractivity contribution in [2.75, 3.05) is 26.7 Å². The van der Waals surface area contributed by atoms with Crippen LogP contribution in [0.3, 0.4) is 0 Å². The third kappa shape index (κ3) is 3.62. The topological polar surface area (TPSA) is 50.2 Å². The second-order valence-electron chi connectivity index (χ2n) is 6.11. The summed E-state index contributed by atoms with van der Waals surface area (Å²) in [4.78, 5) is 19.0. The number of benzene rings is 1. The number of carbonyl (C=O) groups is 1. The molecule has 1 aromatic heterocycles.